The molecule has 3 atom stereocenters. The molecule has 3 heterocycles. The number of aromatic nitrogens is 3. The Hall–Kier alpha value is -3.33. The second-order valence-electron chi connectivity index (χ2n) is 9.51. The first-order valence-corrected chi connectivity index (χ1v) is 14.5. The van der Waals surface area contributed by atoms with Crippen molar-refractivity contribution in [3.8, 4) is 11.5 Å². The zero-order chi connectivity index (χ0) is 25.9. The van der Waals surface area contributed by atoms with E-state index in [2.05, 4.69) is 71.3 Å². The molecule has 1 aliphatic heterocycles. The summed E-state index contributed by atoms with van der Waals surface area (Å²) in [5, 5.41) is 0.927. The third kappa shape index (κ3) is 5.57. The van der Waals surface area contributed by atoms with Crippen LogP contribution in [0.3, 0.4) is 0 Å². The number of hydrogen-bond donors (Lipinski definition) is 0. The van der Waals surface area contributed by atoms with Gasteiger partial charge < -0.3 is 14.2 Å². The Morgan fingerprint density at radius 1 is 0.947 bits per heavy atom. The van der Waals surface area contributed by atoms with Crippen LogP contribution in [0.2, 0.25) is 0 Å². The van der Waals surface area contributed by atoms with Crippen LogP contribution in [0.15, 0.2) is 90.2 Å². The van der Waals surface area contributed by atoms with Crippen molar-refractivity contribution < 1.29 is 14.2 Å². The molecule has 0 bridgehead atoms. The molecule has 1 fully saturated rings. The molecule has 0 amide bonds. The number of hydrogen-bond acceptors (Lipinski definition) is 7. The maximum atomic E-state index is 6.67. The largest absolute Gasteiger partial charge is 0.491 e. The Bertz CT molecular complexity index is 1480. The van der Waals surface area contributed by atoms with Crippen LogP contribution < -0.4 is 9.47 Å². The van der Waals surface area contributed by atoms with Crippen molar-refractivity contribution in [3.63, 3.8) is 0 Å². The van der Waals surface area contributed by atoms with Crippen LogP contribution in [0.5, 0.6) is 11.5 Å². The fourth-order valence-electron chi connectivity index (χ4n) is 4.53. The van der Waals surface area contributed by atoms with E-state index in [1.165, 1.54) is 28.2 Å². The Morgan fingerprint density at radius 2 is 1.66 bits per heavy atom. The van der Waals surface area contributed by atoms with Gasteiger partial charge in [0.05, 0.1) is 6.20 Å². The van der Waals surface area contributed by atoms with E-state index in [1.54, 1.807) is 11.8 Å². The zero-order valence-corrected chi connectivity index (χ0v) is 23.0. The Morgan fingerprint density at radius 3 is 2.39 bits per heavy atom. The molecule has 1 aliphatic rings. The summed E-state index contributed by atoms with van der Waals surface area (Å²) in [4.78, 5) is 5.91. The van der Waals surface area contributed by atoms with Crippen molar-refractivity contribution in [3.05, 3.63) is 102 Å². The van der Waals surface area contributed by atoms with Crippen molar-refractivity contribution in [1.29, 1.82) is 0 Å². The maximum absolute atomic E-state index is 6.67. The lowest BCUT2D eigenvalue weighted by molar-refractivity contribution is -0.0367. The van der Waals surface area contributed by atoms with Crippen molar-refractivity contribution in [2.45, 2.75) is 49.6 Å². The molecule has 38 heavy (non-hydrogen) atoms. The number of aryl methyl sites for hydroxylation is 2. The van der Waals surface area contributed by atoms with Gasteiger partial charge in [0.2, 0.25) is 0 Å². The second-order valence-corrected chi connectivity index (χ2v) is 11.2. The number of rotatable bonds is 9. The van der Waals surface area contributed by atoms with Crippen LogP contribution >= 0.6 is 23.3 Å². The van der Waals surface area contributed by atoms with Crippen LogP contribution in [-0.4, -0.2) is 32.7 Å². The number of benzene rings is 3. The van der Waals surface area contributed by atoms with Gasteiger partial charge >= 0.3 is 0 Å². The highest BCUT2D eigenvalue weighted by molar-refractivity contribution is 7.98. The number of nitrogens with zero attached hydrogens (tertiary/aromatic N) is 3. The number of ether oxygens (including phenoxy) is 3. The van der Waals surface area contributed by atoms with Gasteiger partial charge in [-0.25, -0.2) is 4.98 Å². The molecule has 6 nitrogen and oxygen atoms in total. The van der Waals surface area contributed by atoms with Gasteiger partial charge in [-0.2, -0.15) is 4.37 Å². The lowest BCUT2D eigenvalue weighted by atomic mass is 10.1. The summed E-state index contributed by atoms with van der Waals surface area (Å²) in [5.41, 5.74) is 4.54. The highest BCUT2D eigenvalue weighted by Gasteiger charge is 2.40. The molecule has 5 aromatic rings. The van der Waals surface area contributed by atoms with Crippen molar-refractivity contribution >= 4 is 33.6 Å². The maximum Gasteiger partial charge on any atom is 0.172 e. The summed E-state index contributed by atoms with van der Waals surface area (Å²) < 4.78 is 25.9. The topological polar surface area (TPSA) is 58.4 Å². The monoisotopic (exact) mass is 543 g/mol. The molecule has 2 aromatic heterocycles. The molecule has 1 saturated heterocycles. The lowest BCUT2D eigenvalue weighted by Crippen LogP contribution is -2.32. The predicted octanol–water partition coefficient (Wildman–Crippen LogP) is 7.22. The number of imidazole rings is 1. The molecule has 6 rings (SSSR count). The van der Waals surface area contributed by atoms with E-state index in [9.17, 15) is 0 Å². The Labute approximate surface area is 230 Å². The molecule has 0 unspecified atom stereocenters. The lowest BCUT2D eigenvalue weighted by Gasteiger charge is -2.20. The Kier molecular flexibility index (Phi) is 7.35. The highest BCUT2D eigenvalue weighted by Crippen LogP contribution is 2.39. The van der Waals surface area contributed by atoms with Gasteiger partial charge in [0.1, 0.15) is 46.9 Å². The third-order valence-corrected chi connectivity index (χ3v) is 8.41. The Balaban J connectivity index is 1.25. The molecule has 3 aromatic carbocycles. The molecule has 0 spiro atoms. The van der Waals surface area contributed by atoms with Gasteiger partial charge in [-0.05, 0) is 55.2 Å². The molecule has 0 radical (unpaired) electrons. The minimum Gasteiger partial charge on any atom is -0.491 e. The van der Waals surface area contributed by atoms with E-state index in [4.69, 9.17) is 19.2 Å². The first kappa shape index (κ1) is 25.0. The van der Waals surface area contributed by atoms with Crippen molar-refractivity contribution in [2.24, 2.45) is 0 Å². The molecular weight excluding hydrogens is 514 g/mol. The third-order valence-electron chi connectivity index (χ3n) is 6.60. The van der Waals surface area contributed by atoms with Gasteiger partial charge in [0.15, 0.2) is 5.16 Å². The summed E-state index contributed by atoms with van der Waals surface area (Å²) in [6.45, 7) is 4.53. The van der Waals surface area contributed by atoms with Crippen molar-refractivity contribution in [2.75, 3.05) is 6.61 Å². The van der Waals surface area contributed by atoms with E-state index in [1.807, 2.05) is 36.5 Å². The second kappa shape index (κ2) is 11.2. The van der Waals surface area contributed by atoms with Crippen LogP contribution in [0.4, 0.5) is 0 Å². The summed E-state index contributed by atoms with van der Waals surface area (Å²) in [5.74, 6) is 2.48. The first-order valence-electron chi connectivity index (χ1n) is 12.7. The van der Waals surface area contributed by atoms with Gasteiger partial charge in [-0.3, -0.25) is 4.57 Å². The van der Waals surface area contributed by atoms with Crippen LogP contribution in [0.1, 0.15) is 29.3 Å². The van der Waals surface area contributed by atoms with Crippen LogP contribution in [0.25, 0.3) is 10.3 Å². The molecule has 0 N–H and O–H groups in total. The summed E-state index contributed by atoms with van der Waals surface area (Å²) in [7, 11) is 0. The predicted molar refractivity (Wildman–Crippen MR) is 152 cm³/mol. The number of fused-ring (bicyclic) bond motifs is 1. The van der Waals surface area contributed by atoms with E-state index in [0.717, 1.165) is 32.8 Å². The fourth-order valence-corrected chi connectivity index (χ4v) is 6.32. The van der Waals surface area contributed by atoms with E-state index >= 15 is 0 Å². The molecule has 0 saturated carbocycles. The van der Waals surface area contributed by atoms with Gasteiger partial charge in [-0.1, -0.05) is 77.5 Å². The fraction of sp³-hybridized carbons (Fsp3) is 0.267. The number of thioether (sulfide) groups is 1. The van der Waals surface area contributed by atoms with E-state index in [0.29, 0.717) is 13.0 Å². The average Bonchev–Trinajstić information content (AvgIpc) is 3.64. The molecule has 0 aliphatic carbocycles. The molecule has 194 valence electrons. The SMILES string of the molecule is Cc1ccc(OC[C@H]2O[C@@H](n3c(SCc4ccccc4)nc4cnsc43)C[C@@H]2Oc2ccc(C)cc2)cc1. The van der Waals surface area contributed by atoms with E-state index in [-0.39, 0.29) is 18.4 Å². The smallest absolute Gasteiger partial charge is 0.172 e. The quantitative estimate of drug-likeness (QED) is 0.183. The van der Waals surface area contributed by atoms with Crippen LogP contribution in [-0.2, 0) is 10.5 Å². The molecule has 8 heteroatoms. The molecular formula is C30H29N3O3S2. The summed E-state index contributed by atoms with van der Waals surface area (Å²) in [6.07, 6.45) is 1.85. The van der Waals surface area contributed by atoms with Crippen molar-refractivity contribution in [1.82, 2.24) is 13.9 Å². The zero-order valence-electron chi connectivity index (χ0n) is 21.3. The van der Waals surface area contributed by atoms with Crippen LogP contribution in [0, 0.1) is 13.8 Å². The standard InChI is InChI=1S/C30H29N3O3S2/c1-20-8-12-23(13-9-20)34-18-27-26(35-24-14-10-21(2)11-15-24)16-28(36-27)33-29-25(17-31-38-29)32-30(33)37-19-22-6-4-3-5-7-22/h3-15,17,26-28H,16,18-19H2,1-2H3/t26-,27+,28+/m0/s1. The summed E-state index contributed by atoms with van der Waals surface area (Å²) in [6, 6.07) is 26.7. The minimum absolute atomic E-state index is 0.175. The summed E-state index contributed by atoms with van der Waals surface area (Å²) >= 11 is 3.16. The minimum atomic E-state index is -0.250. The normalized spacial score (nSPS) is 19.2. The van der Waals surface area contributed by atoms with Gasteiger partial charge in [0.25, 0.3) is 0 Å². The van der Waals surface area contributed by atoms with Gasteiger partial charge in [0, 0.05) is 12.2 Å². The van der Waals surface area contributed by atoms with Gasteiger partial charge in [-0.15, -0.1) is 0 Å². The first-order chi connectivity index (χ1) is 18.6. The van der Waals surface area contributed by atoms with E-state index < -0.39 is 0 Å². The average molecular weight is 544 g/mol. The highest BCUT2D eigenvalue weighted by atomic mass is 32.2.